The van der Waals surface area contributed by atoms with Gasteiger partial charge in [0.25, 0.3) is 0 Å². The third-order valence-electron chi connectivity index (χ3n) is 4.29. The molecule has 0 radical (unpaired) electrons. The fourth-order valence-corrected chi connectivity index (χ4v) is 2.23. The molecular weight excluding hydrogens is 380 g/mol. The highest BCUT2D eigenvalue weighted by molar-refractivity contribution is 5.88. The van der Waals surface area contributed by atoms with Crippen molar-refractivity contribution in [2.24, 2.45) is 5.41 Å². The number of Topliss-reactive ketones (excluding diaryl/α,β-unsaturated/α-hetero) is 2. The Labute approximate surface area is 172 Å². The van der Waals surface area contributed by atoms with Gasteiger partial charge in [-0.05, 0) is 20.3 Å². The van der Waals surface area contributed by atoms with Crippen molar-refractivity contribution >= 4 is 23.4 Å². The third kappa shape index (κ3) is 12.4. The molecule has 0 rings (SSSR count). The van der Waals surface area contributed by atoms with Crippen LogP contribution in [0.15, 0.2) is 0 Å². The van der Waals surface area contributed by atoms with E-state index in [1.807, 2.05) is 20.8 Å². The zero-order chi connectivity index (χ0) is 22.7. The number of ketones is 2. The normalized spacial score (nSPS) is 13.0. The van der Waals surface area contributed by atoms with Crippen molar-refractivity contribution < 1.29 is 33.8 Å². The first kappa shape index (κ1) is 27.2. The molecule has 0 aromatic rings. The molecule has 0 aromatic carbocycles. The monoisotopic (exact) mass is 416 g/mol. The van der Waals surface area contributed by atoms with Crippen molar-refractivity contribution in [3.8, 4) is 0 Å². The Bertz CT molecular complexity index is 568. The Hall–Kier alpha value is -1.84. The van der Waals surface area contributed by atoms with Crippen molar-refractivity contribution in [1.29, 1.82) is 0 Å². The van der Waals surface area contributed by atoms with E-state index in [4.69, 9.17) is 14.6 Å². The Kier molecular flexibility index (Phi) is 11.9. The molecule has 0 aliphatic heterocycles. The van der Waals surface area contributed by atoms with Crippen LogP contribution in [0.2, 0.25) is 0 Å². The lowest BCUT2D eigenvalue weighted by molar-refractivity contribution is -0.142. The number of amides is 1. The molecule has 1 amide bonds. The van der Waals surface area contributed by atoms with Crippen LogP contribution >= 0.6 is 0 Å². The molecule has 3 N–H and O–H groups in total. The smallest absolute Gasteiger partial charge is 0.326 e. The lowest BCUT2D eigenvalue weighted by Gasteiger charge is -2.25. The summed E-state index contributed by atoms with van der Waals surface area (Å²) < 4.78 is 10.7. The number of nitrogens with one attached hydrogen (secondary N) is 2. The SMILES string of the molecule is CC(=O)N[C@@H](CCC(=O)C(C)(C)NCCOCCOCC(=O)C(C)(C)C)C(=O)O. The molecular formula is C20H36N2O7. The van der Waals surface area contributed by atoms with E-state index in [0.29, 0.717) is 26.4 Å². The van der Waals surface area contributed by atoms with Crippen LogP contribution in [0.5, 0.6) is 0 Å². The van der Waals surface area contributed by atoms with Crippen molar-refractivity contribution in [2.45, 2.75) is 66.0 Å². The number of rotatable bonds is 15. The number of ether oxygens (including phenoxy) is 2. The number of carboxylic acid groups (broad SMARTS) is 1. The van der Waals surface area contributed by atoms with E-state index in [2.05, 4.69) is 10.6 Å². The van der Waals surface area contributed by atoms with Crippen LogP contribution in [-0.2, 0) is 28.7 Å². The summed E-state index contributed by atoms with van der Waals surface area (Å²) in [7, 11) is 0. The van der Waals surface area contributed by atoms with Gasteiger partial charge in [-0.15, -0.1) is 0 Å². The highest BCUT2D eigenvalue weighted by atomic mass is 16.5. The summed E-state index contributed by atoms with van der Waals surface area (Å²) in [4.78, 5) is 46.2. The van der Waals surface area contributed by atoms with Gasteiger partial charge in [-0.1, -0.05) is 20.8 Å². The van der Waals surface area contributed by atoms with E-state index in [9.17, 15) is 19.2 Å². The Balaban J connectivity index is 4.04. The molecule has 9 nitrogen and oxygen atoms in total. The Morgan fingerprint density at radius 2 is 1.52 bits per heavy atom. The molecule has 0 fully saturated rings. The molecule has 0 saturated carbocycles. The number of hydrogen-bond donors (Lipinski definition) is 3. The van der Waals surface area contributed by atoms with Crippen molar-refractivity contribution in [2.75, 3.05) is 33.0 Å². The third-order valence-corrected chi connectivity index (χ3v) is 4.29. The summed E-state index contributed by atoms with van der Waals surface area (Å²) in [5.41, 5.74) is -1.27. The minimum absolute atomic E-state index is 0.0216. The first-order valence-corrected chi connectivity index (χ1v) is 9.74. The van der Waals surface area contributed by atoms with E-state index >= 15 is 0 Å². The molecule has 0 bridgehead atoms. The van der Waals surface area contributed by atoms with Crippen LogP contribution in [0.4, 0.5) is 0 Å². The maximum absolute atomic E-state index is 12.4. The van der Waals surface area contributed by atoms with Crippen LogP contribution in [0.3, 0.4) is 0 Å². The molecule has 0 heterocycles. The summed E-state index contributed by atoms with van der Waals surface area (Å²) in [5.74, 6) is -1.74. The highest BCUT2D eigenvalue weighted by Crippen LogP contribution is 2.14. The summed E-state index contributed by atoms with van der Waals surface area (Å²) >= 11 is 0. The van der Waals surface area contributed by atoms with Crippen molar-refractivity contribution in [3.05, 3.63) is 0 Å². The van der Waals surface area contributed by atoms with Crippen LogP contribution in [0.1, 0.15) is 54.4 Å². The second kappa shape index (κ2) is 12.7. The maximum Gasteiger partial charge on any atom is 0.326 e. The maximum atomic E-state index is 12.4. The average Bonchev–Trinajstić information content (AvgIpc) is 2.58. The first-order chi connectivity index (χ1) is 13.3. The van der Waals surface area contributed by atoms with Gasteiger partial charge >= 0.3 is 5.97 Å². The quantitative estimate of drug-likeness (QED) is 0.336. The number of carboxylic acids is 1. The second-order valence-corrected chi connectivity index (χ2v) is 8.44. The fraction of sp³-hybridized carbons (Fsp3) is 0.800. The number of carbonyl (C=O) groups is 4. The van der Waals surface area contributed by atoms with Crippen LogP contribution in [0.25, 0.3) is 0 Å². The highest BCUT2D eigenvalue weighted by Gasteiger charge is 2.28. The summed E-state index contributed by atoms with van der Waals surface area (Å²) in [6.45, 7) is 11.7. The van der Waals surface area contributed by atoms with Gasteiger partial charge in [-0.25, -0.2) is 4.79 Å². The lowest BCUT2D eigenvalue weighted by Crippen LogP contribution is -2.49. The molecule has 0 aromatic heterocycles. The van der Waals surface area contributed by atoms with Gasteiger partial charge in [0.1, 0.15) is 12.6 Å². The molecule has 168 valence electrons. The molecule has 0 unspecified atom stereocenters. The molecule has 0 spiro atoms. The number of aliphatic carboxylic acids is 1. The molecule has 0 aliphatic rings. The molecule has 1 atom stereocenters. The molecule has 0 aliphatic carbocycles. The van der Waals surface area contributed by atoms with E-state index in [1.54, 1.807) is 13.8 Å². The topological polar surface area (TPSA) is 131 Å². The van der Waals surface area contributed by atoms with Crippen LogP contribution < -0.4 is 10.6 Å². The average molecular weight is 417 g/mol. The number of hydrogen-bond acceptors (Lipinski definition) is 7. The Morgan fingerprint density at radius 1 is 0.931 bits per heavy atom. The molecule has 9 heteroatoms. The van der Waals surface area contributed by atoms with Crippen LogP contribution in [0, 0.1) is 5.41 Å². The van der Waals surface area contributed by atoms with E-state index in [0.717, 1.165) is 0 Å². The van der Waals surface area contributed by atoms with Gasteiger partial charge in [-0.2, -0.15) is 0 Å². The van der Waals surface area contributed by atoms with E-state index in [-0.39, 0.29) is 31.0 Å². The van der Waals surface area contributed by atoms with Crippen molar-refractivity contribution in [3.63, 3.8) is 0 Å². The zero-order valence-corrected chi connectivity index (χ0v) is 18.4. The summed E-state index contributed by atoms with van der Waals surface area (Å²) in [6, 6.07) is -1.08. The van der Waals surface area contributed by atoms with Gasteiger partial charge in [-0.3, -0.25) is 14.4 Å². The van der Waals surface area contributed by atoms with E-state index < -0.39 is 28.9 Å². The van der Waals surface area contributed by atoms with Crippen molar-refractivity contribution in [1.82, 2.24) is 10.6 Å². The minimum atomic E-state index is -1.17. The molecule has 0 saturated heterocycles. The van der Waals surface area contributed by atoms with Gasteiger partial charge < -0.3 is 25.2 Å². The summed E-state index contributed by atoms with van der Waals surface area (Å²) in [6.07, 6.45) is 0.0493. The van der Waals surface area contributed by atoms with Gasteiger partial charge in [0.15, 0.2) is 11.6 Å². The summed E-state index contributed by atoms with van der Waals surface area (Å²) in [5, 5.41) is 14.5. The second-order valence-electron chi connectivity index (χ2n) is 8.44. The van der Waals surface area contributed by atoms with Gasteiger partial charge in [0, 0.05) is 25.3 Å². The fourth-order valence-electron chi connectivity index (χ4n) is 2.23. The van der Waals surface area contributed by atoms with Gasteiger partial charge in [0.2, 0.25) is 5.91 Å². The first-order valence-electron chi connectivity index (χ1n) is 9.74. The number of carbonyl (C=O) groups excluding carboxylic acids is 3. The largest absolute Gasteiger partial charge is 0.480 e. The zero-order valence-electron chi connectivity index (χ0n) is 18.4. The van der Waals surface area contributed by atoms with Crippen LogP contribution in [-0.4, -0.2) is 73.1 Å². The lowest BCUT2D eigenvalue weighted by atomic mass is 9.91. The van der Waals surface area contributed by atoms with E-state index in [1.165, 1.54) is 6.92 Å². The standard InChI is InChI=1S/C20H36N2O7/c1-14(23)22-15(18(26)27)7-8-16(24)20(5,6)21-9-10-28-11-12-29-13-17(25)19(2,3)4/h15,21H,7-13H2,1-6H3,(H,22,23)(H,26,27)/t15-/m0/s1. The predicted molar refractivity (Wildman–Crippen MR) is 108 cm³/mol. The van der Waals surface area contributed by atoms with Gasteiger partial charge in [0.05, 0.1) is 25.4 Å². The molecule has 29 heavy (non-hydrogen) atoms. The predicted octanol–water partition coefficient (Wildman–Crippen LogP) is 0.942. The minimum Gasteiger partial charge on any atom is -0.480 e. The Morgan fingerprint density at radius 3 is 2.03 bits per heavy atom.